The topological polar surface area (TPSA) is 171 Å². The minimum atomic E-state index is 0.299. The molecule has 0 aliphatic heterocycles. The number of Topliss-reactive ketones (excluding diaryl/α,β-unsaturated/α-hetero) is 4. The first-order valence-electron chi connectivity index (χ1n) is 19.8. The van der Waals surface area contributed by atoms with E-state index < -0.39 is 0 Å². The van der Waals surface area contributed by atoms with Gasteiger partial charge < -0.3 is 0 Å². The number of carbonyl (C=O) groups is 4. The maximum atomic E-state index is 11.4. The number of hydrogen-bond acceptors (Lipinski definition) is 12. The van der Waals surface area contributed by atoms with Crippen molar-refractivity contribution in [3.63, 3.8) is 0 Å². The summed E-state index contributed by atoms with van der Waals surface area (Å²) in [6.45, 7) is 16.5. The predicted octanol–water partition coefficient (Wildman–Crippen LogP) is 8.10. The highest BCUT2D eigenvalue weighted by atomic mass is 16.1. The Labute approximate surface area is 334 Å². The Morgan fingerprint density at radius 1 is 0.482 bits per heavy atom. The van der Waals surface area contributed by atoms with E-state index in [1.807, 2.05) is 24.3 Å². The third-order valence-electron chi connectivity index (χ3n) is 7.72. The van der Waals surface area contributed by atoms with E-state index in [4.69, 9.17) is 0 Å². The first-order chi connectivity index (χ1) is 26.7. The van der Waals surface area contributed by atoms with Crippen molar-refractivity contribution >= 4 is 23.1 Å². The molecule has 0 aromatic carbocycles. The summed E-state index contributed by atoms with van der Waals surface area (Å²) in [6.07, 6.45) is 19.5. The molecule has 56 heavy (non-hydrogen) atoms. The van der Waals surface area contributed by atoms with Gasteiger partial charge in [-0.25, -0.2) is 19.9 Å². The van der Waals surface area contributed by atoms with Gasteiger partial charge in [0.2, 0.25) is 0 Å². The minimum Gasteiger partial charge on any atom is -0.300 e. The van der Waals surface area contributed by atoms with Gasteiger partial charge in [0.05, 0.1) is 11.9 Å². The largest absolute Gasteiger partial charge is 0.300 e. The Morgan fingerprint density at radius 3 is 1.45 bits per heavy atom. The van der Waals surface area contributed by atoms with Crippen LogP contribution in [0.1, 0.15) is 130 Å². The van der Waals surface area contributed by atoms with Crippen molar-refractivity contribution < 1.29 is 19.2 Å². The molecule has 0 atom stereocenters. The van der Waals surface area contributed by atoms with Crippen molar-refractivity contribution in [2.75, 3.05) is 0 Å². The molecule has 0 aliphatic carbocycles. The van der Waals surface area contributed by atoms with Crippen molar-refractivity contribution in [1.29, 1.82) is 0 Å². The van der Waals surface area contributed by atoms with Gasteiger partial charge in [-0.2, -0.15) is 20.4 Å². The first-order valence-corrected chi connectivity index (χ1v) is 19.8. The summed E-state index contributed by atoms with van der Waals surface area (Å²) in [6, 6.07) is 9.27. The van der Waals surface area contributed by atoms with E-state index in [0.717, 1.165) is 35.6 Å². The molecule has 0 radical (unpaired) electrons. The molecule has 0 aliphatic rings. The van der Waals surface area contributed by atoms with E-state index in [-0.39, 0.29) is 0 Å². The predicted molar refractivity (Wildman–Crippen MR) is 219 cm³/mol. The Morgan fingerprint density at radius 2 is 1.00 bits per heavy atom. The smallest absolute Gasteiger partial charge is 0.133 e. The monoisotopic (exact) mass is 769 g/mol. The van der Waals surface area contributed by atoms with Gasteiger partial charge in [-0.3, -0.25) is 19.2 Å². The second kappa shape index (κ2) is 30.2. The molecule has 0 saturated heterocycles. The van der Waals surface area contributed by atoms with Crippen LogP contribution in [0.4, 0.5) is 0 Å². The number of aromatic nitrogens is 8. The van der Waals surface area contributed by atoms with Gasteiger partial charge in [-0.1, -0.05) is 55.4 Å². The molecule has 0 spiro atoms. The zero-order valence-electron chi connectivity index (χ0n) is 34.9. The Bertz CT molecular complexity index is 1380. The molecular weight excluding hydrogens is 705 g/mol. The lowest BCUT2D eigenvalue weighted by molar-refractivity contribution is -0.120. The Hall–Kier alpha value is -5.00. The lowest BCUT2D eigenvalue weighted by atomic mass is 10.0. The molecule has 4 aromatic rings. The summed E-state index contributed by atoms with van der Waals surface area (Å²) < 4.78 is 0. The molecule has 0 amide bonds. The van der Waals surface area contributed by atoms with Crippen molar-refractivity contribution in [2.45, 2.75) is 132 Å². The highest BCUT2D eigenvalue weighted by Crippen LogP contribution is 2.09. The van der Waals surface area contributed by atoms with Gasteiger partial charge in [0.15, 0.2) is 0 Å². The molecule has 304 valence electrons. The van der Waals surface area contributed by atoms with Crippen LogP contribution in [0, 0.1) is 23.7 Å². The van der Waals surface area contributed by atoms with Crippen molar-refractivity contribution in [3.8, 4) is 0 Å². The molecule has 12 nitrogen and oxygen atoms in total. The molecule has 0 saturated carbocycles. The maximum absolute atomic E-state index is 11.4. The van der Waals surface area contributed by atoms with Crippen LogP contribution in [0.2, 0.25) is 0 Å². The van der Waals surface area contributed by atoms with Crippen molar-refractivity contribution in [3.05, 3.63) is 96.6 Å². The van der Waals surface area contributed by atoms with E-state index in [1.165, 1.54) is 6.33 Å². The molecule has 0 bridgehead atoms. The summed E-state index contributed by atoms with van der Waals surface area (Å²) in [4.78, 5) is 61.5. The van der Waals surface area contributed by atoms with Crippen molar-refractivity contribution in [2.24, 2.45) is 23.7 Å². The molecule has 0 unspecified atom stereocenters. The highest BCUT2D eigenvalue weighted by molar-refractivity contribution is 5.79. The summed E-state index contributed by atoms with van der Waals surface area (Å²) in [5.74, 6) is 3.81. The lowest BCUT2D eigenvalue weighted by Gasteiger charge is -2.03. The average molecular weight is 769 g/mol. The number of rotatable bonds is 20. The second-order valence-corrected chi connectivity index (χ2v) is 15.4. The van der Waals surface area contributed by atoms with Gasteiger partial charge in [-0.15, -0.1) is 0 Å². The SMILES string of the molecule is CC(C)CC(=O)CCc1cccnn1.CC(C)CC(=O)CCc1ccncn1.CC(C)CC(=O)CCc1ccnnc1.CC(C)CC(=O)CCc1ncccn1. The standard InChI is InChI=1S/4C11H16N2O/c1-9(2)8-10(14)4-5-11-12-6-3-7-13-11;1-9(2)7-11(14)4-3-10-5-6-12-8-13-10;1-9(2)7-11(14)4-3-10-5-6-12-13-8-10;1-9(2)8-11(14)6-5-10-4-3-7-12-13-10/h3,6-7,9H,4-5,8H2,1-2H3;2*5-6,8-9H,3-4,7H2,1-2H3;3-4,7,9H,5-6,8H2,1-2H3. The van der Waals surface area contributed by atoms with E-state index in [1.54, 1.807) is 43.2 Å². The lowest BCUT2D eigenvalue weighted by Crippen LogP contribution is -2.05. The zero-order valence-corrected chi connectivity index (χ0v) is 34.9. The summed E-state index contributed by atoms with van der Waals surface area (Å²) >= 11 is 0. The van der Waals surface area contributed by atoms with Gasteiger partial charge in [0.1, 0.15) is 35.3 Å². The zero-order chi connectivity index (χ0) is 41.6. The quantitative estimate of drug-likeness (QED) is 0.0847. The summed E-state index contributed by atoms with van der Waals surface area (Å²) in [5, 5.41) is 15.1. The van der Waals surface area contributed by atoms with Crippen LogP contribution in [0.15, 0.2) is 73.8 Å². The molecule has 4 aromatic heterocycles. The summed E-state index contributed by atoms with van der Waals surface area (Å²) in [7, 11) is 0. The molecule has 0 N–H and O–H groups in total. The van der Waals surface area contributed by atoms with Crippen LogP contribution in [0.3, 0.4) is 0 Å². The fraction of sp³-hybridized carbons (Fsp3) is 0.545. The highest BCUT2D eigenvalue weighted by Gasteiger charge is 2.08. The van der Waals surface area contributed by atoms with Gasteiger partial charge in [-0.05, 0) is 78.8 Å². The number of ketones is 4. The van der Waals surface area contributed by atoms with Crippen LogP contribution in [0.25, 0.3) is 0 Å². The molecule has 12 heteroatoms. The van der Waals surface area contributed by atoms with Gasteiger partial charge in [0.25, 0.3) is 0 Å². The third-order valence-corrected chi connectivity index (χ3v) is 7.72. The Kier molecular flexibility index (Phi) is 26.5. The molecule has 0 fully saturated rings. The first kappa shape index (κ1) is 49.0. The molecular formula is C44H64N8O4. The van der Waals surface area contributed by atoms with Crippen LogP contribution >= 0.6 is 0 Å². The third kappa shape index (κ3) is 28.4. The summed E-state index contributed by atoms with van der Waals surface area (Å²) in [5.41, 5.74) is 2.92. The van der Waals surface area contributed by atoms with Crippen LogP contribution in [0.5, 0.6) is 0 Å². The number of hydrogen-bond donors (Lipinski definition) is 0. The van der Waals surface area contributed by atoms with Gasteiger partial charge in [0, 0.05) is 94.5 Å². The molecule has 4 heterocycles. The fourth-order valence-corrected chi connectivity index (χ4v) is 5.16. The number of nitrogens with zero attached hydrogens (tertiary/aromatic N) is 8. The van der Waals surface area contributed by atoms with E-state index in [9.17, 15) is 19.2 Å². The number of carbonyl (C=O) groups excluding carboxylic acids is 4. The number of aryl methyl sites for hydroxylation is 4. The maximum Gasteiger partial charge on any atom is 0.133 e. The van der Waals surface area contributed by atoms with Crippen molar-refractivity contribution in [1.82, 2.24) is 40.3 Å². The normalized spacial score (nSPS) is 10.5. The van der Waals surface area contributed by atoms with E-state index in [2.05, 4.69) is 95.7 Å². The van der Waals surface area contributed by atoms with Gasteiger partial charge >= 0.3 is 0 Å². The second-order valence-electron chi connectivity index (χ2n) is 15.4. The van der Waals surface area contributed by atoms with E-state index >= 15 is 0 Å². The van der Waals surface area contributed by atoms with Crippen LogP contribution in [-0.4, -0.2) is 63.5 Å². The van der Waals surface area contributed by atoms with Crippen LogP contribution in [-0.2, 0) is 44.9 Å². The average Bonchev–Trinajstić information content (AvgIpc) is 3.16. The molecule has 4 rings (SSSR count). The fourth-order valence-electron chi connectivity index (χ4n) is 5.16. The Balaban J connectivity index is 0.000000373. The van der Waals surface area contributed by atoms with E-state index in [0.29, 0.717) is 111 Å². The minimum absolute atomic E-state index is 0.299. The van der Waals surface area contributed by atoms with Crippen LogP contribution < -0.4 is 0 Å².